The molecule has 0 spiro atoms. The average Bonchev–Trinajstić information content (AvgIpc) is 2.91. The molecule has 2 aromatic heterocycles. The Balaban J connectivity index is 1.80. The minimum Gasteiger partial charge on any atom is -0.457 e. The van der Waals surface area contributed by atoms with Gasteiger partial charge in [-0.25, -0.2) is 9.54 Å². The first-order valence-corrected chi connectivity index (χ1v) is 8.91. The number of carbonyl (C=O) groups excluding carboxylic acids is 1. The molecule has 5 heteroatoms. The molecule has 1 fully saturated rings. The number of esters is 1. The van der Waals surface area contributed by atoms with Crippen LogP contribution in [0.3, 0.4) is 0 Å². The van der Waals surface area contributed by atoms with E-state index in [0.717, 1.165) is 18.5 Å². The number of aromatic nitrogens is 2. The number of nitrogens with zero attached hydrogens (tertiary/aromatic N) is 2. The van der Waals surface area contributed by atoms with Crippen LogP contribution < -0.4 is 0 Å². The molecule has 1 saturated carbocycles. The summed E-state index contributed by atoms with van der Waals surface area (Å²) in [5.74, 6) is 1.42. The van der Waals surface area contributed by atoms with Crippen LogP contribution in [0.2, 0.25) is 0 Å². The standard InChI is InChI=1S/C17H23N2O2P/c1-11(2)13-8-7-12(3)10-14(13)21-17(20)16-19-9-5-4-6-15(19)18-22-16/h4-6,9,11-14H,7-8,10H2,1-3H3/t12-,13+,14-/m1/s1. The molecular formula is C17H23N2O2P. The predicted molar refractivity (Wildman–Crippen MR) is 88.3 cm³/mol. The van der Waals surface area contributed by atoms with Crippen LogP contribution in [0, 0.1) is 17.8 Å². The van der Waals surface area contributed by atoms with E-state index in [1.807, 2.05) is 28.8 Å². The SMILES string of the molecule is CC(C)[C@@H]1CC[C@@H](C)C[C@H]1OC(=O)c1pnc2ccccn12. The van der Waals surface area contributed by atoms with E-state index in [1.54, 1.807) is 0 Å². The van der Waals surface area contributed by atoms with E-state index in [2.05, 4.69) is 25.5 Å². The minimum absolute atomic E-state index is 0.0345. The molecule has 0 bridgehead atoms. The van der Waals surface area contributed by atoms with E-state index in [-0.39, 0.29) is 12.1 Å². The zero-order valence-corrected chi connectivity index (χ0v) is 14.3. The largest absolute Gasteiger partial charge is 0.457 e. The summed E-state index contributed by atoms with van der Waals surface area (Å²) < 4.78 is 12.1. The van der Waals surface area contributed by atoms with Gasteiger partial charge in [-0.05, 0) is 42.7 Å². The molecular weight excluding hydrogens is 295 g/mol. The third-order valence-corrected chi connectivity index (χ3v) is 5.61. The van der Waals surface area contributed by atoms with Crippen LogP contribution in [-0.2, 0) is 4.74 Å². The van der Waals surface area contributed by atoms with Gasteiger partial charge in [0.1, 0.15) is 11.8 Å². The van der Waals surface area contributed by atoms with Crippen molar-refractivity contribution in [1.82, 2.24) is 9.15 Å². The highest BCUT2D eigenvalue weighted by molar-refractivity contribution is 7.28. The van der Waals surface area contributed by atoms with Crippen molar-refractivity contribution in [3.05, 3.63) is 29.8 Å². The molecule has 0 aromatic carbocycles. The van der Waals surface area contributed by atoms with Crippen LogP contribution in [-0.4, -0.2) is 21.2 Å². The molecule has 4 nitrogen and oxygen atoms in total. The first-order valence-electron chi connectivity index (χ1n) is 8.07. The van der Waals surface area contributed by atoms with Crippen molar-refractivity contribution in [1.29, 1.82) is 0 Å². The lowest BCUT2D eigenvalue weighted by Crippen LogP contribution is -2.36. The maximum atomic E-state index is 12.6. The molecule has 1 aliphatic carbocycles. The van der Waals surface area contributed by atoms with E-state index in [4.69, 9.17) is 4.74 Å². The summed E-state index contributed by atoms with van der Waals surface area (Å²) >= 11 is 0. The summed E-state index contributed by atoms with van der Waals surface area (Å²) in [7, 11) is 0.679. The molecule has 0 amide bonds. The van der Waals surface area contributed by atoms with Gasteiger partial charge >= 0.3 is 5.97 Å². The van der Waals surface area contributed by atoms with E-state index in [1.165, 1.54) is 6.42 Å². The summed E-state index contributed by atoms with van der Waals surface area (Å²) in [5.41, 5.74) is 1.42. The normalized spacial score (nSPS) is 25.9. The number of pyridine rings is 1. The summed E-state index contributed by atoms with van der Waals surface area (Å²) in [6, 6.07) is 5.75. The van der Waals surface area contributed by atoms with Crippen molar-refractivity contribution >= 4 is 20.0 Å². The number of rotatable bonds is 3. The van der Waals surface area contributed by atoms with Gasteiger partial charge in [-0.2, -0.15) is 0 Å². The molecule has 0 aliphatic heterocycles. The second-order valence-corrected chi connectivity index (χ2v) is 7.55. The summed E-state index contributed by atoms with van der Waals surface area (Å²) in [6.45, 7) is 6.70. The molecule has 2 heterocycles. The van der Waals surface area contributed by atoms with Crippen molar-refractivity contribution in [3.8, 4) is 0 Å². The molecule has 2 aromatic rings. The van der Waals surface area contributed by atoms with Crippen LogP contribution in [0.4, 0.5) is 0 Å². The average molecular weight is 318 g/mol. The van der Waals surface area contributed by atoms with Crippen molar-refractivity contribution in [2.75, 3.05) is 0 Å². The second-order valence-electron chi connectivity index (χ2n) is 6.72. The summed E-state index contributed by atoms with van der Waals surface area (Å²) in [6.07, 6.45) is 5.27. The summed E-state index contributed by atoms with van der Waals surface area (Å²) in [5, 5.41) is 0. The van der Waals surface area contributed by atoms with Crippen molar-refractivity contribution in [3.63, 3.8) is 0 Å². The van der Waals surface area contributed by atoms with Gasteiger partial charge in [-0.3, -0.25) is 4.40 Å². The Labute approximate surface area is 133 Å². The number of fused-ring (bicyclic) bond motifs is 1. The van der Waals surface area contributed by atoms with Crippen molar-refractivity contribution in [2.24, 2.45) is 17.8 Å². The lowest BCUT2D eigenvalue weighted by Gasteiger charge is -2.36. The Hall–Kier alpha value is -1.41. The Kier molecular flexibility index (Phi) is 4.49. The second kappa shape index (κ2) is 6.37. The van der Waals surface area contributed by atoms with Gasteiger partial charge in [0.15, 0.2) is 5.43 Å². The molecule has 0 N–H and O–H groups in total. The zero-order valence-electron chi connectivity index (χ0n) is 13.4. The highest BCUT2D eigenvalue weighted by Gasteiger charge is 2.34. The quantitative estimate of drug-likeness (QED) is 0.781. The van der Waals surface area contributed by atoms with Crippen LogP contribution >= 0.6 is 8.35 Å². The van der Waals surface area contributed by atoms with Gasteiger partial charge in [0.2, 0.25) is 0 Å². The van der Waals surface area contributed by atoms with Gasteiger partial charge in [-0.1, -0.05) is 33.3 Å². The van der Waals surface area contributed by atoms with E-state index < -0.39 is 0 Å². The Bertz CT molecular complexity index is 667. The van der Waals surface area contributed by atoms with E-state index in [9.17, 15) is 4.79 Å². The van der Waals surface area contributed by atoms with Crippen LogP contribution in [0.5, 0.6) is 0 Å². The maximum Gasteiger partial charge on any atom is 0.362 e. The zero-order chi connectivity index (χ0) is 15.7. The van der Waals surface area contributed by atoms with E-state index >= 15 is 0 Å². The minimum atomic E-state index is -0.217. The molecule has 0 unspecified atom stereocenters. The Morgan fingerprint density at radius 3 is 3.00 bits per heavy atom. The van der Waals surface area contributed by atoms with Crippen LogP contribution in [0.15, 0.2) is 24.4 Å². The van der Waals surface area contributed by atoms with Crippen molar-refractivity contribution in [2.45, 2.75) is 46.1 Å². The lowest BCUT2D eigenvalue weighted by molar-refractivity contribution is -0.0175. The first kappa shape index (κ1) is 15.5. The molecule has 0 radical (unpaired) electrons. The highest BCUT2D eigenvalue weighted by atomic mass is 31.0. The number of ether oxygens (including phenoxy) is 1. The number of hydrogen-bond acceptors (Lipinski definition) is 3. The van der Waals surface area contributed by atoms with Crippen LogP contribution in [0.1, 0.15) is 50.3 Å². The third kappa shape index (κ3) is 3.03. The van der Waals surface area contributed by atoms with Gasteiger partial charge in [0.05, 0.1) is 8.35 Å². The summed E-state index contributed by atoms with van der Waals surface area (Å²) in [4.78, 5) is 12.6. The lowest BCUT2D eigenvalue weighted by atomic mass is 9.75. The topological polar surface area (TPSA) is 43.6 Å². The molecule has 118 valence electrons. The maximum absolute atomic E-state index is 12.6. The fourth-order valence-corrected chi connectivity index (χ4v) is 4.18. The molecule has 3 rings (SSSR count). The highest BCUT2D eigenvalue weighted by Crippen LogP contribution is 2.36. The third-order valence-electron chi connectivity index (χ3n) is 4.72. The molecule has 0 saturated heterocycles. The fraction of sp³-hybridized carbons (Fsp3) is 0.588. The van der Waals surface area contributed by atoms with Gasteiger partial charge in [0.25, 0.3) is 0 Å². The smallest absolute Gasteiger partial charge is 0.362 e. The first-order chi connectivity index (χ1) is 10.6. The fourth-order valence-electron chi connectivity index (χ4n) is 3.42. The predicted octanol–water partition coefficient (Wildman–Crippen LogP) is 4.53. The van der Waals surface area contributed by atoms with Crippen LogP contribution in [0.25, 0.3) is 5.65 Å². The number of carbonyl (C=O) groups is 1. The monoisotopic (exact) mass is 318 g/mol. The number of hydrogen-bond donors (Lipinski definition) is 0. The van der Waals surface area contributed by atoms with Gasteiger partial charge in [0, 0.05) is 6.20 Å². The van der Waals surface area contributed by atoms with E-state index in [0.29, 0.717) is 31.5 Å². The van der Waals surface area contributed by atoms with Gasteiger partial charge < -0.3 is 4.74 Å². The molecule has 3 atom stereocenters. The Morgan fingerprint density at radius 1 is 1.41 bits per heavy atom. The molecule has 22 heavy (non-hydrogen) atoms. The van der Waals surface area contributed by atoms with Gasteiger partial charge in [-0.15, -0.1) is 0 Å². The van der Waals surface area contributed by atoms with Crippen molar-refractivity contribution < 1.29 is 9.53 Å². The Morgan fingerprint density at radius 2 is 2.23 bits per heavy atom. The molecule has 1 aliphatic rings.